The van der Waals surface area contributed by atoms with Gasteiger partial charge in [0, 0.05) is 21.1 Å². The minimum Gasteiger partial charge on any atom is -0.406 e. The van der Waals surface area contributed by atoms with Crippen LogP contribution in [-0.4, -0.2) is 41.1 Å². The van der Waals surface area contributed by atoms with Gasteiger partial charge < -0.3 is 10.1 Å². The Morgan fingerprint density at radius 2 is 1.66 bits per heavy atom. The number of carbonyl (C=O) groups is 1. The number of anilines is 1. The summed E-state index contributed by atoms with van der Waals surface area (Å²) >= 11 is 12.2. The fraction of sp³-hybridized carbons (Fsp3) is 0.148. The number of alkyl halides is 3. The Labute approximate surface area is 225 Å². The van der Waals surface area contributed by atoms with Gasteiger partial charge in [0.05, 0.1) is 29.4 Å². The Hall–Kier alpha value is -3.82. The Morgan fingerprint density at radius 3 is 2.37 bits per heavy atom. The smallest absolute Gasteiger partial charge is 0.406 e. The number of carbonyl (C=O) groups excluding carboxylic acids is 1. The van der Waals surface area contributed by atoms with Crippen LogP contribution >= 0.6 is 23.2 Å². The van der Waals surface area contributed by atoms with Gasteiger partial charge in [0.25, 0.3) is 0 Å². The number of hydrogen-bond acceptors (Lipinski definition) is 5. The van der Waals surface area contributed by atoms with Crippen molar-refractivity contribution in [3.8, 4) is 5.75 Å². The van der Waals surface area contributed by atoms with Crippen LogP contribution in [0.4, 0.5) is 18.9 Å². The molecule has 38 heavy (non-hydrogen) atoms. The van der Waals surface area contributed by atoms with Crippen LogP contribution in [0.2, 0.25) is 10.0 Å². The number of rotatable bonds is 6. The summed E-state index contributed by atoms with van der Waals surface area (Å²) in [4.78, 5) is 17.6. The van der Waals surface area contributed by atoms with E-state index in [9.17, 15) is 18.0 Å². The molecule has 5 rings (SSSR count). The Morgan fingerprint density at radius 1 is 0.974 bits per heavy atom. The van der Waals surface area contributed by atoms with E-state index in [0.29, 0.717) is 22.3 Å². The highest BCUT2D eigenvalue weighted by Gasteiger charge is 2.32. The van der Waals surface area contributed by atoms with E-state index in [-0.39, 0.29) is 24.1 Å². The molecule has 3 aromatic carbocycles. The van der Waals surface area contributed by atoms with Crippen molar-refractivity contribution in [2.24, 2.45) is 5.10 Å². The van der Waals surface area contributed by atoms with Crippen molar-refractivity contribution in [3.63, 3.8) is 0 Å². The molecule has 194 valence electrons. The fourth-order valence-electron chi connectivity index (χ4n) is 4.18. The van der Waals surface area contributed by atoms with E-state index in [1.54, 1.807) is 29.3 Å². The number of pyridine rings is 1. The highest BCUT2D eigenvalue weighted by molar-refractivity contribution is 6.31. The molecule has 0 radical (unpaired) electrons. The maximum Gasteiger partial charge on any atom is 0.573 e. The molecule has 1 aromatic heterocycles. The number of hydrogen-bond donors (Lipinski definition) is 1. The summed E-state index contributed by atoms with van der Waals surface area (Å²) < 4.78 is 41.0. The van der Waals surface area contributed by atoms with Gasteiger partial charge in [-0.25, -0.2) is 0 Å². The Kier molecular flexibility index (Phi) is 7.14. The molecule has 0 saturated carbocycles. The van der Waals surface area contributed by atoms with E-state index < -0.39 is 6.36 Å². The van der Waals surface area contributed by atoms with E-state index in [0.717, 1.165) is 40.0 Å². The van der Waals surface area contributed by atoms with Crippen molar-refractivity contribution < 1.29 is 22.7 Å². The molecule has 1 aliphatic rings. The minimum atomic E-state index is -4.79. The van der Waals surface area contributed by atoms with E-state index in [4.69, 9.17) is 33.3 Å². The van der Waals surface area contributed by atoms with E-state index in [1.165, 1.54) is 12.1 Å². The molecule has 0 spiro atoms. The first-order valence-electron chi connectivity index (χ1n) is 11.4. The van der Waals surface area contributed by atoms with Gasteiger partial charge in [-0.1, -0.05) is 47.5 Å². The molecule has 0 saturated heterocycles. The summed E-state index contributed by atoms with van der Waals surface area (Å²) in [5.74, 6) is -0.988. The molecule has 0 aliphatic carbocycles. The lowest BCUT2D eigenvalue weighted by atomic mass is 9.93. The third-order valence-corrected chi connectivity index (χ3v) is 6.33. The summed E-state index contributed by atoms with van der Waals surface area (Å²) in [6, 6.07) is 21.6. The molecule has 0 bridgehead atoms. The zero-order chi connectivity index (χ0) is 26.9. The molecular weight excluding hydrogens is 540 g/mol. The standard InChI is InChI=1S/C27H19Cl2F3N4O2/c28-18-5-2-17(3-6-18)26-22(23-12-4-16-1-7-19(29)13-24(16)34-23)14-36(35-26)15-25(37)33-20-8-10-21(11-9-20)38-27(30,31)32/h1-13,22H,14-15H2,(H,33,37). The number of aromatic nitrogens is 1. The van der Waals surface area contributed by atoms with Crippen LogP contribution in [-0.2, 0) is 4.79 Å². The van der Waals surface area contributed by atoms with Crippen LogP contribution in [0.25, 0.3) is 10.9 Å². The van der Waals surface area contributed by atoms with Crippen molar-refractivity contribution in [2.45, 2.75) is 12.3 Å². The predicted molar refractivity (Wildman–Crippen MR) is 141 cm³/mol. The van der Waals surface area contributed by atoms with E-state index in [1.807, 2.05) is 30.3 Å². The second-order valence-electron chi connectivity index (χ2n) is 8.59. The number of benzene rings is 3. The summed E-state index contributed by atoms with van der Waals surface area (Å²) in [6.07, 6.45) is -4.79. The zero-order valence-electron chi connectivity index (χ0n) is 19.5. The highest BCUT2D eigenvalue weighted by Crippen LogP contribution is 2.30. The molecule has 1 aliphatic heterocycles. The van der Waals surface area contributed by atoms with Gasteiger partial charge >= 0.3 is 6.36 Å². The molecule has 11 heteroatoms. The number of nitrogens with one attached hydrogen (secondary N) is 1. The van der Waals surface area contributed by atoms with Gasteiger partial charge in [0.15, 0.2) is 0 Å². The van der Waals surface area contributed by atoms with Gasteiger partial charge in [-0.3, -0.25) is 14.8 Å². The zero-order valence-corrected chi connectivity index (χ0v) is 21.1. The lowest BCUT2D eigenvalue weighted by Gasteiger charge is -2.16. The van der Waals surface area contributed by atoms with Gasteiger partial charge in [-0.15, -0.1) is 13.2 Å². The number of ether oxygens (including phenoxy) is 1. The average molecular weight is 559 g/mol. The van der Waals surface area contributed by atoms with Crippen molar-refractivity contribution in [1.29, 1.82) is 0 Å². The van der Waals surface area contributed by atoms with Crippen LogP contribution in [0, 0.1) is 0 Å². The van der Waals surface area contributed by atoms with Crippen LogP contribution in [0.5, 0.6) is 5.75 Å². The van der Waals surface area contributed by atoms with Gasteiger partial charge in [-0.2, -0.15) is 5.10 Å². The summed E-state index contributed by atoms with van der Waals surface area (Å²) in [7, 11) is 0. The molecule has 2 heterocycles. The summed E-state index contributed by atoms with van der Waals surface area (Å²) in [5.41, 5.74) is 3.43. The topological polar surface area (TPSA) is 66.8 Å². The van der Waals surface area contributed by atoms with Gasteiger partial charge in [0.2, 0.25) is 5.91 Å². The van der Waals surface area contributed by atoms with E-state index in [2.05, 4.69) is 10.1 Å². The third kappa shape index (κ3) is 6.17. The first-order valence-corrected chi connectivity index (χ1v) is 12.2. The largest absolute Gasteiger partial charge is 0.573 e. The average Bonchev–Trinajstić information content (AvgIpc) is 3.28. The number of halogens is 5. The fourth-order valence-corrected chi connectivity index (χ4v) is 4.47. The number of nitrogens with zero attached hydrogens (tertiary/aromatic N) is 3. The second-order valence-corrected chi connectivity index (χ2v) is 9.46. The number of fused-ring (bicyclic) bond motifs is 1. The molecular formula is C27H19Cl2F3N4O2. The van der Waals surface area contributed by atoms with Crippen molar-refractivity contribution in [1.82, 2.24) is 9.99 Å². The van der Waals surface area contributed by atoms with Crippen LogP contribution in [0.1, 0.15) is 17.2 Å². The van der Waals surface area contributed by atoms with Crippen molar-refractivity contribution in [3.05, 3.63) is 100 Å². The summed E-state index contributed by atoms with van der Waals surface area (Å²) in [5, 5.41) is 11.1. The SMILES string of the molecule is O=C(CN1CC(c2ccc3ccc(Cl)cc3n2)C(c2ccc(Cl)cc2)=N1)Nc1ccc(OC(F)(F)F)cc1. The Bertz CT molecular complexity index is 1510. The Balaban J connectivity index is 1.35. The quantitative estimate of drug-likeness (QED) is 0.280. The van der Waals surface area contributed by atoms with Crippen LogP contribution in [0.15, 0.2) is 84.0 Å². The first kappa shape index (κ1) is 25.8. The maximum absolute atomic E-state index is 12.7. The third-order valence-electron chi connectivity index (χ3n) is 5.84. The predicted octanol–water partition coefficient (Wildman–Crippen LogP) is 6.88. The molecule has 1 unspecified atom stereocenters. The molecule has 1 atom stereocenters. The molecule has 0 fully saturated rings. The van der Waals surface area contributed by atoms with Crippen LogP contribution < -0.4 is 10.1 Å². The lowest BCUT2D eigenvalue weighted by molar-refractivity contribution is -0.274. The van der Waals surface area contributed by atoms with Gasteiger partial charge in [0.1, 0.15) is 12.3 Å². The van der Waals surface area contributed by atoms with Gasteiger partial charge in [-0.05, 0) is 60.2 Å². The van der Waals surface area contributed by atoms with Crippen molar-refractivity contribution >= 4 is 51.4 Å². The number of hydrazone groups is 1. The van der Waals surface area contributed by atoms with Crippen LogP contribution in [0.3, 0.4) is 0 Å². The maximum atomic E-state index is 12.7. The molecule has 1 N–H and O–H groups in total. The molecule has 1 amide bonds. The van der Waals surface area contributed by atoms with Crippen molar-refractivity contribution in [2.75, 3.05) is 18.4 Å². The first-order chi connectivity index (χ1) is 18.1. The van der Waals surface area contributed by atoms with E-state index >= 15 is 0 Å². The normalized spacial score (nSPS) is 15.4. The monoisotopic (exact) mass is 558 g/mol. The molecule has 4 aromatic rings. The number of amides is 1. The summed E-state index contributed by atoms with van der Waals surface area (Å²) in [6.45, 7) is 0.316. The minimum absolute atomic E-state index is 0.0756. The lowest BCUT2D eigenvalue weighted by Crippen LogP contribution is -2.29. The highest BCUT2D eigenvalue weighted by atomic mass is 35.5. The second kappa shape index (κ2) is 10.5. The molecule has 6 nitrogen and oxygen atoms in total.